The molecule has 0 N–H and O–H groups in total. The molecule has 5 heteroatoms. The topological polar surface area (TPSA) is 48.0 Å². The molecule has 140 valence electrons. The molecule has 0 atom stereocenters. The number of hydrogen-bond acceptors (Lipinski definition) is 5. The summed E-state index contributed by atoms with van der Waals surface area (Å²) in [5.74, 6) is 2.47. The minimum atomic E-state index is -0.0941. The van der Waals surface area contributed by atoms with E-state index < -0.39 is 0 Å². The van der Waals surface area contributed by atoms with Crippen LogP contribution < -0.4 is 14.2 Å². The molecule has 0 saturated carbocycles. The zero-order chi connectivity index (χ0) is 19.0. The molecule has 0 aromatic heterocycles. The summed E-state index contributed by atoms with van der Waals surface area (Å²) in [5, 5.41) is 0. The van der Waals surface area contributed by atoms with Gasteiger partial charge in [0, 0.05) is 12.6 Å². The normalized spacial score (nSPS) is 17.5. The lowest BCUT2D eigenvalue weighted by atomic mass is 10.0. The number of rotatable bonds is 4. The monoisotopic (exact) mass is 365 g/mol. The maximum Gasteiger partial charge on any atom is 0.231 e. The first-order chi connectivity index (χ1) is 13.1. The molecule has 27 heavy (non-hydrogen) atoms. The lowest BCUT2D eigenvalue weighted by Crippen LogP contribution is -2.37. The number of hydrogen-bond donors (Lipinski definition) is 0. The summed E-state index contributed by atoms with van der Waals surface area (Å²) in [4.78, 5) is 15.0. The standard InChI is InChI=1S/C22H23NO4/c1-4-25-16-7-5-15(6-8-16)11-20-21(24)17-9-10-19-18(22(17)27-20)12-23(13-26-19)14(2)3/h5-11,14H,4,12-13H2,1-3H3/b20-11-. The molecule has 2 aromatic carbocycles. The lowest BCUT2D eigenvalue weighted by Gasteiger charge is -2.32. The van der Waals surface area contributed by atoms with Crippen LogP contribution in [0.4, 0.5) is 0 Å². The predicted octanol–water partition coefficient (Wildman–Crippen LogP) is 4.26. The Hall–Kier alpha value is -2.79. The summed E-state index contributed by atoms with van der Waals surface area (Å²) in [6, 6.07) is 11.6. The summed E-state index contributed by atoms with van der Waals surface area (Å²) < 4.78 is 17.3. The van der Waals surface area contributed by atoms with Gasteiger partial charge in [0.2, 0.25) is 5.78 Å². The zero-order valence-electron chi connectivity index (χ0n) is 15.8. The van der Waals surface area contributed by atoms with Crippen LogP contribution >= 0.6 is 0 Å². The second kappa shape index (κ2) is 7.08. The third-order valence-corrected chi connectivity index (χ3v) is 4.86. The number of carbonyl (C=O) groups excluding carboxylic acids is 1. The van der Waals surface area contributed by atoms with Gasteiger partial charge in [0.1, 0.15) is 24.0 Å². The number of Topliss-reactive ketones (excluding diaryl/α,β-unsaturated/α-hetero) is 1. The number of carbonyl (C=O) groups is 1. The van der Waals surface area contributed by atoms with Crippen LogP contribution in [0.3, 0.4) is 0 Å². The first kappa shape index (κ1) is 17.6. The summed E-state index contributed by atoms with van der Waals surface area (Å²) in [6.07, 6.45) is 1.77. The van der Waals surface area contributed by atoms with Gasteiger partial charge in [0.05, 0.1) is 17.7 Å². The SMILES string of the molecule is CCOc1ccc(/C=C2\Oc3c(ccc4c3CN(C(C)C)CO4)C2=O)cc1. The highest BCUT2D eigenvalue weighted by Gasteiger charge is 2.33. The Bertz CT molecular complexity index is 899. The second-order valence-electron chi connectivity index (χ2n) is 6.97. The molecule has 0 spiro atoms. The van der Waals surface area contributed by atoms with Gasteiger partial charge in [-0.1, -0.05) is 12.1 Å². The van der Waals surface area contributed by atoms with E-state index in [0.29, 0.717) is 43.0 Å². The van der Waals surface area contributed by atoms with Gasteiger partial charge in [0.15, 0.2) is 5.76 Å². The quantitative estimate of drug-likeness (QED) is 0.758. The smallest absolute Gasteiger partial charge is 0.231 e. The van der Waals surface area contributed by atoms with Gasteiger partial charge in [-0.2, -0.15) is 0 Å². The highest BCUT2D eigenvalue weighted by molar-refractivity contribution is 6.15. The zero-order valence-corrected chi connectivity index (χ0v) is 15.8. The third kappa shape index (κ3) is 3.30. The van der Waals surface area contributed by atoms with E-state index in [9.17, 15) is 4.79 Å². The van der Waals surface area contributed by atoms with E-state index in [4.69, 9.17) is 14.2 Å². The van der Waals surface area contributed by atoms with Crippen LogP contribution in [0, 0.1) is 0 Å². The fourth-order valence-electron chi connectivity index (χ4n) is 3.29. The van der Waals surface area contributed by atoms with Crippen LogP contribution in [0.5, 0.6) is 17.2 Å². The summed E-state index contributed by atoms with van der Waals surface area (Å²) in [6.45, 7) is 8.08. The van der Waals surface area contributed by atoms with Gasteiger partial charge in [-0.05, 0) is 56.7 Å². The van der Waals surface area contributed by atoms with E-state index in [1.54, 1.807) is 12.1 Å². The summed E-state index contributed by atoms with van der Waals surface area (Å²) >= 11 is 0. The molecule has 0 bridgehead atoms. The van der Waals surface area contributed by atoms with Crippen LogP contribution in [-0.4, -0.2) is 30.1 Å². The highest BCUT2D eigenvalue weighted by atomic mass is 16.5. The molecule has 0 saturated heterocycles. The fourth-order valence-corrected chi connectivity index (χ4v) is 3.29. The molecule has 0 unspecified atom stereocenters. The first-order valence-electron chi connectivity index (χ1n) is 9.26. The molecule has 2 heterocycles. The lowest BCUT2D eigenvalue weighted by molar-refractivity contribution is 0.0674. The minimum absolute atomic E-state index is 0.0941. The largest absolute Gasteiger partial charge is 0.494 e. The Labute approximate surface area is 159 Å². The van der Waals surface area contributed by atoms with Gasteiger partial charge < -0.3 is 14.2 Å². The fraction of sp³-hybridized carbons (Fsp3) is 0.318. The van der Waals surface area contributed by atoms with Gasteiger partial charge in [0.25, 0.3) is 0 Å². The molecule has 5 nitrogen and oxygen atoms in total. The van der Waals surface area contributed by atoms with Gasteiger partial charge in [-0.25, -0.2) is 0 Å². The molecule has 2 aliphatic heterocycles. The Morgan fingerprint density at radius 3 is 2.67 bits per heavy atom. The second-order valence-corrected chi connectivity index (χ2v) is 6.97. The van der Waals surface area contributed by atoms with Crippen molar-refractivity contribution in [1.82, 2.24) is 4.90 Å². The summed E-state index contributed by atoms with van der Waals surface area (Å²) in [7, 11) is 0. The van der Waals surface area contributed by atoms with Crippen LogP contribution in [-0.2, 0) is 6.54 Å². The number of ether oxygens (including phenoxy) is 3. The minimum Gasteiger partial charge on any atom is -0.494 e. The van der Waals surface area contributed by atoms with Crippen molar-refractivity contribution in [3.8, 4) is 17.2 Å². The highest BCUT2D eigenvalue weighted by Crippen LogP contribution is 2.42. The van der Waals surface area contributed by atoms with Crippen LogP contribution in [0.25, 0.3) is 6.08 Å². The van der Waals surface area contributed by atoms with E-state index in [0.717, 1.165) is 22.6 Å². The van der Waals surface area contributed by atoms with E-state index in [2.05, 4.69) is 18.7 Å². The molecular formula is C22H23NO4. The molecule has 0 fully saturated rings. The molecule has 0 amide bonds. The van der Waals surface area contributed by atoms with Crippen LogP contribution in [0.15, 0.2) is 42.2 Å². The first-order valence-corrected chi connectivity index (χ1v) is 9.26. The van der Waals surface area contributed by atoms with E-state index in [1.807, 2.05) is 37.3 Å². The van der Waals surface area contributed by atoms with Crippen LogP contribution in [0.1, 0.15) is 42.3 Å². The molecule has 2 aliphatic rings. The van der Waals surface area contributed by atoms with Crippen LogP contribution in [0.2, 0.25) is 0 Å². The average Bonchev–Trinajstić information content (AvgIpc) is 2.99. The van der Waals surface area contributed by atoms with Crippen molar-refractivity contribution < 1.29 is 19.0 Å². The number of ketones is 1. The maximum absolute atomic E-state index is 12.8. The van der Waals surface area contributed by atoms with Crippen molar-refractivity contribution >= 4 is 11.9 Å². The van der Waals surface area contributed by atoms with E-state index in [-0.39, 0.29) is 5.78 Å². The van der Waals surface area contributed by atoms with Crippen molar-refractivity contribution in [3.05, 3.63) is 58.8 Å². The number of nitrogens with zero attached hydrogens (tertiary/aromatic N) is 1. The molecule has 4 rings (SSSR count). The Kier molecular flexibility index (Phi) is 4.62. The Morgan fingerprint density at radius 2 is 1.96 bits per heavy atom. The number of fused-ring (bicyclic) bond motifs is 3. The van der Waals surface area contributed by atoms with Crippen molar-refractivity contribution in [2.45, 2.75) is 33.4 Å². The number of allylic oxidation sites excluding steroid dienone is 1. The van der Waals surface area contributed by atoms with Crippen molar-refractivity contribution in [2.24, 2.45) is 0 Å². The molecule has 0 radical (unpaired) electrons. The Balaban J connectivity index is 1.63. The van der Waals surface area contributed by atoms with Crippen molar-refractivity contribution in [1.29, 1.82) is 0 Å². The molecular weight excluding hydrogens is 342 g/mol. The van der Waals surface area contributed by atoms with Gasteiger partial charge in [-0.3, -0.25) is 9.69 Å². The average molecular weight is 365 g/mol. The molecule has 0 aliphatic carbocycles. The van der Waals surface area contributed by atoms with E-state index in [1.165, 1.54) is 0 Å². The summed E-state index contributed by atoms with van der Waals surface area (Å²) in [5.41, 5.74) is 2.43. The molecule has 2 aromatic rings. The van der Waals surface area contributed by atoms with Crippen molar-refractivity contribution in [3.63, 3.8) is 0 Å². The van der Waals surface area contributed by atoms with Gasteiger partial charge in [-0.15, -0.1) is 0 Å². The van der Waals surface area contributed by atoms with E-state index >= 15 is 0 Å². The predicted molar refractivity (Wildman–Crippen MR) is 103 cm³/mol. The number of benzene rings is 2. The Morgan fingerprint density at radius 1 is 1.19 bits per heavy atom. The maximum atomic E-state index is 12.8. The van der Waals surface area contributed by atoms with Gasteiger partial charge >= 0.3 is 0 Å². The van der Waals surface area contributed by atoms with Crippen molar-refractivity contribution in [2.75, 3.05) is 13.3 Å². The third-order valence-electron chi connectivity index (χ3n) is 4.86.